The normalized spacial score (nSPS) is 10.4. The lowest BCUT2D eigenvalue weighted by atomic mass is 10.1. The number of rotatable bonds is 7. The Morgan fingerprint density at radius 2 is 1.82 bits per heavy atom. The number of ether oxygens (including phenoxy) is 2. The molecule has 1 aromatic carbocycles. The number of nitrogens with one attached hydrogen (secondary N) is 2. The smallest absolute Gasteiger partial charge is 0.272 e. The number of amides is 2. The standard InChI is InChI=1S/C19H20N4O5/c1-23-17(19(25)20-10-12-6-5-9-28-12)13(11-21-23)22-18(24)16-14(26-2)7-4-8-15(16)27-3/h4-9,11H,10H2,1-3H3,(H,20,25)(H,22,24). The van der Waals surface area contributed by atoms with Crippen molar-refractivity contribution >= 4 is 17.5 Å². The zero-order chi connectivity index (χ0) is 20.1. The van der Waals surface area contributed by atoms with E-state index in [1.165, 1.54) is 31.4 Å². The van der Waals surface area contributed by atoms with Gasteiger partial charge >= 0.3 is 0 Å². The Kier molecular flexibility index (Phi) is 5.64. The average molecular weight is 384 g/mol. The van der Waals surface area contributed by atoms with Crippen LogP contribution in [0.1, 0.15) is 26.6 Å². The van der Waals surface area contributed by atoms with Gasteiger partial charge in [0.15, 0.2) is 0 Å². The van der Waals surface area contributed by atoms with Crippen LogP contribution in [-0.4, -0.2) is 35.8 Å². The average Bonchev–Trinajstić information content (AvgIpc) is 3.35. The minimum atomic E-state index is -0.484. The third-order valence-corrected chi connectivity index (χ3v) is 4.06. The molecule has 0 unspecified atom stereocenters. The van der Waals surface area contributed by atoms with E-state index in [0.29, 0.717) is 17.3 Å². The molecule has 0 radical (unpaired) electrons. The summed E-state index contributed by atoms with van der Waals surface area (Å²) in [7, 11) is 4.54. The Morgan fingerprint density at radius 1 is 1.11 bits per heavy atom. The number of aromatic nitrogens is 2. The summed E-state index contributed by atoms with van der Waals surface area (Å²) in [5.74, 6) is 0.426. The van der Waals surface area contributed by atoms with Crippen molar-refractivity contribution in [2.75, 3.05) is 19.5 Å². The fourth-order valence-corrected chi connectivity index (χ4v) is 2.72. The third-order valence-electron chi connectivity index (χ3n) is 4.06. The molecule has 28 heavy (non-hydrogen) atoms. The van der Waals surface area contributed by atoms with Gasteiger partial charge < -0.3 is 24.5 Å². The number of hydrogen-bond acceptors (Lipinski definition) is 6. The monoisotopic (exact) mass is 384 g/mol. The second-order valence-corrected chi connectivity index (χ2v) is 5.78. The van der Waals surface area contributed by atoms with Gasteiger partial charge in [0, 0.05) is 7.05 Å². The Balaban J connectivity index is 1.82. The molecule has 2 N–H and O–H groups in total. The largest absolute Gasteiger partial charge is 0.496 e. The summed E-state index contributed by atoms with van der Waals surface area (Å²) >= 11 is 0. The number of hydrogen-bond donors (Lipinski definition) is 2. The summed E-state index contributed by atoms with van der Waals surface area (Å²) < 4.78 is 17.1. The second-order valence-electron chi connectivity index (χ2n) is 5.78. The number of benzene rings is 1. The van der Waals surface area contributed by atoms with Gasteiger partial charge in [-0.2, -0.15) is 5.10 Å². The molecule has 0 aliphatic rings. The van der Waals surface area contributed by atoms with Crippen molar-refractivity contribution in [3.8, 4) is 11.5 Å². The van der Waals surface area contributed by atoms with Crippen LogP contribution in [0.2, 0.25) is 0 Å². The highest BCUT2D eigenvalue weighted by molar-refractivity contribution is 6.11. The topological polar surface area (TPSA) is 108 Å². The van der Waals surface area contributed by atoms with Crippen LogP contribution in [-0.2, 0) is 13.6 Å². The first-order chi connectivity index (χ1) is 13.5. The van der Waals surface area contributed by atoms with Crippen LogP contribution in [0, 0.1) is 0 Å². The van der Waals surface area contributed by atoms with Gasteiger partial charge in [-0.15, -0.1) is 0 Å². The summed E-state index contributed by atoms with van der Waals surface area (Å²) in [6, 6.07) is 8.50. The molecule has 2 aromatic heterocycles. The number of nitrogens with zero attached hydrogens (tertiary/aromatic N) is 2. The van der Waals surface area contributed by atoms with Crippen LogP contribution in [0.4, 0.5) is 5.69 Å². The number of anilines is 1. The van der Waals surface area contributed by atoms with E-state index in [-0.39, 0.29) is 23.5 Å². The van der Waals surface area contributed by atoms with E-state index in [1.807, 2.05) is 0 Å². The van der Waals surface area contributed by atoms with Crippen molar-refractivity contribution in [2.24, 2.45) is 7.05 Å². The van der Waals surface area contributed by atoms with Gasteiger partial charge in [-0.05, 0) is 24.3 Å². The Hall–Kier alpha value is -3.75. The highest BCUT2D eigenvalue weighted by Gasteiger charge is 2.23. The Labute approximate surface area is 161 Å². The lowest BCUT2D eigenvalue weighted by Crippen LogP contribution is -2.26. The maximum Gasteiger partial charge on any atom is 0.272 e. The minimum absolute atomic E-state index is 0.203. The molecule has 9 nitrogen and oxygen atoms in total. The van der Waals surface area contributed by atoms with Crippen molar-refractivity contribution < 1.29 is 23.5 Å². The van der Waals surface area contributed by atoms with Crippen LogP contribution >= 0.6 is 0 Å². The first-order valence-corrected chi connectivity index (χ1v) is 8.40. The maximum atomic E-state index is 12.8. The summed E-state index contributed by atoms with van der Waals surface area (Å²) in [6.45, 7) is 0.213. The van der Waals surface area contributed by atoms with Crippen molar-refractivity contribution in [2.45, 2.75) is 6.54 Å². The zero-order valence-corrected chi connectivity index (χ0v) is 15.7. The highest BCUT2D eigenvalue weighted by atomic mass is 16.5. The van der Waals surface area contributed by atoms with Gasteiger partial charge in [0.25, 0.3) is 11.8 Å². The SMILES string of the molecule is COc1cccc(OC)c1C(=O)Nc1cnn(C)c1C(=O)NCc1ccco1. The second kappa shape index (κ2) is 8.30. The number of carbonyl (C=O) groups is 2. The quantitative estimate of drug-likeness (QED) is 0.647. The van der Waals surface area contributed by atoms with Gasteiger partial charge in [0.1, 0.15) is 28.5 Å². The predicted molar refractivity (Wildman–Crippen MR) is 101 cm³/mol. The lowest BCUT2D eigenvalue weighted by Gasteiger charge is -2.13. The van der Waals surface area contributed by atoms with Crippen molar-refractivity contribution in [3.05, 3.63) is 59.8 Å². The molecule has 3 aromatic rings. The summed E-state index contributed by atoms with van der Waals surface area (Å²) in [6.07, 6.45) is 2.93. The van der Waals surface area contributed by atoms with Crippen LogP contribution < -0.4 is 20.1 Å². The summed E-state index contributed by atoms with van der Waals surface area (Å²) in [4.78, 5) is 25.4. The van der Waals surface area contributed by atoms with Crippen LogP contribution in [0.15, 0.2) is 47.2 Å². The summed E-state index contributed by atoms with van der Waals surface area (Å²) in [5.41, 5.74) is 0.685. The molecule has 2 heterocycles. The molecule has 0 fully saturated rings. The zero-order valence-electron chi connectivity index (χ0n) is 15.7. The van der Waals surface area contributed by atoms with E-state index in [4.69, 9.17) is 13.9 Å². The minimum Gasteiger partial charge on any atom is -0.496 e. The fourth-order valence-electron chi connectivity index (χ4n) is 2.72. The van der Waals surface area contributed by atoms with Crippen molar-refractivity contribution in [3.63, 3.8) is 0 Å². The number of carbonyl (C=O) groups excluding carboxylic acids is 2. The molecule has 2 amide bonds. The predicted octanol–water partition coefficient (Wildman–Crippen LogP) is 2.21. The number of furan rings is 1. The molecule has 146 valence electrons. The van der Waals surface area contributed by atoms with E-state index >= 15 is 0 Å². The molecule has 0 saturated heterocycles. The van der Waals surface area contributed by atoms with Crippen molar-refractivity contribution in [1.29, 1.82) is 0 Å². The van der Waals surface area contributed by atoms with Gasteiger partial charge in [-0.25, -0.2) is 0 Å². The van der Waals surface area contributed by atoms with E-state index < -0.39 is 11.8 Å². The van der Waals surface area contributed by atoms with Crippen LogP contribution in [0.3, 0.4) is 0 Å². The number of methoxy groups -OCH3 is 2. The molecule has 0 saturated carbocycles. The molecule has 3 rings (SSSR count). The molecule has 0 bridgehead atoms. The molecule has 0 aliphatic carbocycles. The first-order valence-electron chi connectivity index (χ1n) is 8.40. The Morgan fingerprint density at radius 3 is 2.43 bits per heavy atom. The van der Waals surface area contributed by atoms with Crippen LogP contribution in [0.5, 0.6) is 11.5 Å². The molecule has 0 aliphatic heterocycles. The fraction of sp³-hybridized carbons (Fsp3) is 0.211. The molecule has 0 atom stereocenters. The van der Waals surface area contributed by atoms with E-state index in [1.54, 1.807) is 37.4 Å². The lowest BCUT2D eigenvalue weighted by molar-refractivity contribution is 0.0939. The Bertz CT molecular complexity index is 956. The number of aryl methyl sites for hydroxylation is 1. The maximum absolute atomic E-state index is 12.8. The summed E-state index contributed by atoms with van der Waals surface area (Å²) in [5, 5.41) is 9.51. The van der Waals surface area contributed by atoms with Gasteiger partial charge in [-0.3, -0.25) is 14.3 Å². The van der Waals surface area contributed by atoms with Crippen LogP contribution in [0.25, 0.3) is 0 Å². The van der Waals surface area contributed by atoms with E-state index in [0.717, 1.165) is 0 Å². The molecular formula is C19H20N4O5. The third kappa shape index (κ3) is 3.83. The van der Waals surface area contributed by atoms with Crippen molar-refractivity contribution in [1.82, 2.24) is 15.1 Å². The van der Waals surface area contributed by atoms with Gasteiger partial charge in [0.2, 0.25) is 0 Å². The highest BCUT2D eigenvalue weighted by Crippen LogP contribution is 2.29. The molecule has 9 heteroatoms. The molecule has 0 spiro atoms. The first kappa shape index (κ1) is 19.0. The van der Waals surface area contributed by atoms with Gasteiger partial charge in [0.05, 0.1) is 38.9 Å². The van der Waals surface area contributed by atoms with E-state index in [9.17, 15) is 9.59 Å². The molecular weight excluding hydrogens is 364 g/mol. The van der Waals surface area contributed by atoms with E-state index in [2.05, 4.69) is 15.7 Å². The van der Waals surface area contributed by atoms with Gasteiger partial charge in [-0.1, -0.05) is 6.07 Å².